The van der Waals surface area contributed by atoms with Crippen molar-refractivity contribution in [1.82, 2.24) is 14.9 Å². The summed E-state index contributed by atoms with van der Waals surface area (Å²) in [4.78, 5) is 4.45. The van der Waals surface area contributed by atoms with Crippen molar-refractivity contribution in [2.75, 3.05) is 7.05 Å². The number of nitrogens with one attached hydrogen (secondary N) is 1. The number of benzene rings is 1. The van der Waals surface area contributed by atoms with Gasteiger partial charge in [-0.25, -0.2) is 4.98 Å². The molecule has 1 aromatic heterocycles. The minimum absolute atomic E-state index is 0.405. The Labute approximate surface area is 123 Å². The Balaban J connectivity index is 2.04. The predicted molar refractivity (Wildman–Crippen MR) is 82.3 cm³/mol. The van der Waals surface area contributed by atoms with Crippen LogP contribution in [0.15, 0.2) is 41.1 Å². The Kier molecular flexibility index (Phi) is 5.16. The van der Waals surface area contributed by atoms with Crippen LogP contribution in [-0.2, 0) is 19.4 Å². The van der Waals surface area contributed by atoms with Gasteiger partial charge in [-0.15, -0.1) is 0 Å². The SMILES string of the molecule is CCn1ccnc1CC(Cc1cccc(Br)c1)NC. The fourth-order valence-electron chi connectivity index (χ4n) is 2.26. The molecule has 19 heavy (non-hydrogen) atoms. The molecule has 0 saturated heterocycles. The average Bonchev–Trinajstić information content (AvgIpc) is 2.85. The van der Waals surface area contributed by atoms with E-state index in [1.807, 2.05) is 19.4 Å². The summed E-state index contributed by atoms with van der Waals surface area (Å²) in [6.45, 7) is 3.12. The lowest BCUT2D eigenvalue weighted by Gasteiger charge is -2.16. The van der Waals surface area contributed by atoms with Crippen LogP contribution in [-0.4, -0.2) is 22.6 Å². The van der Waals surface area contributed by atoms with Crippen LogP contribution in [0.25, 0.3) is 0 Å². The second-order valence-electron chi connectivity index (χ2n) is 4.65. The van der Waals surface area contributed by atoms with E-state index in [0.29, 0.717) is 6.04 Å². The lowest BCUT2D eigenvalue weighted by molar-refractivity contribution is 0.526. The molecule has 1 heterocycles. The Bertz CT molecular complexity index is 522. The third-order valence-corrected chi connectivity index (χ3v) is 3.84. The number of rotatable bonds is 6. The molecule has 1 N–H and O–H groups in total. The molecule has 1 aromatic carbocycles. The zero-order valence-corrected chi connectivity index (χ0v) is 13.0. The molecule has 0 aliphatic heterocycles. The number of nitrogens with zero attached hydrogens (tertiary/aromatic N) is 2. The largest absolute Gasteiger partial charge is 0.335 e. The van der Waals surface area contributed by atoms with E-state index < -0.39 is 0 Å². The summed E-state index contributed by atoms with van der Waals surface area (Å²) in [7, 11) is 2.02. The summed E-state index contributed by atoms with van der Waals surface area (Å²) in [5, 5.41) is 3.39. The summed E-state index contributed by atoms with van der Waals surface area (Å²) >= 11 is 3.52. The van der Waals surface area contributed by atoms with Crippen molar-refractivity contribution >= 4 is 15.9 Å². The van der Waals surface area contributed by atoms with E-state index >= 15 is 0 Å². The van der Waals surface area contributed by atoms with Gasteiger partial charge in [0.05, 0.1) is 0 Å². The zero-order valence-electron chi connectivity index (χ0n) is 11.4. The first-order valence-corrected chi connectivity index (χ1v) is 7.44. The molecular weight excluding hydrogens is 302 g/mol. The van der Waals surface area contributed by atoms with Crippen LogP contribution in [0.1, 0.15) is 18.3 Å². The molecule has 1 atom stereocenters. The number of imidazole rings is 1. The van der Waals surface area contributed by atoms with Crippen molar-refractivity contribution in [2.24, 2.45) is 0 Å². The Morgan fingerprint density at radius 2 is 2.21 bits per heavy atom. The van der Waals surface area contributed by atoms with Gasteiger partial charge in [0.25, 0.3) is 0 Å². The molecular formula is C15H20BrN3. The first kappa shape index (κ1) is 14.3. The van der Waals surface area contributed by atoms with E-state index in [9.17, 15) is 0 Å². The van der Waals surface area contributed by atoms with Crippen molar-refractivity contribution in [3.8, 4) is 0 Å². The van der Waals surface area contributed by atoms with E-state index in [0.717, 1.165) is 29.7 Å². The third-order valence-electron chi connectivity index (χ3n) is 3.35. The highest BCUT2D eigenvalue weighted by atomic mass is 79.9. The van der Waals surface area contributed by atoms with Crippen LogP contribution >= 0.6 is 15.9 Å². The minimum atomic E-state index is 0.405. The molecule has 0 aliphatic carbocycles. The molecule has 0 bridgehead atoms. The normalized spacial score (nSPS) is 12.6. The predicted octanol–water partition coefficient (Wildman–Crippen LogP) is 3.04. The Morgan fingerprint density at radius 1 is 1.37 bits per heavy atom. The molecule has 2 aromatic rings. The van der Waals surface area contributed by atoms with Crippen LogP contribution in [0.5, 0.6) is 0 Å². The zero-order chi connectivity index (χ0) is 13.7. The molecule has 4 heteroatoms. The van der Waals surface area contributed by atoms with Crippen LogP contribution in [0.2, 0.25) is 0 Å². The van der Waals surface area contributed by atoms with E-state index in [2.05, 4.69) is 62.0 Å². The van der Waals surface area contributed by atoms with Gasteiger partial charge in [0.1, 0.15) is 5.82 Å². The molecule has 0 saturated carbocycles. The summed E-state index contributed by atoms with van der Waals surface area (Å²) in [5.41, 5.74) is 1.34. The maximum atomic E-state index is 4.45. The standard InChI is InChI=1S/C15H20BrN3/c1-3-19-8-7-18-15(19)11-14(17-2)10-12-5-4-6-13(16)9-12/h4-9,14,17H,3,10-11H2,1-2H3. The summed E-state index contributed by atoms with van der Waals surface area (Å²) < 4.78 is 3.33. The van der Waals surface area contributed by atoms with Crippen molar-refractivity contribution in [3.63, 3.8) is 0 Å². The number of hydrogen-bond donors (Lipinski definition) is 1. The van der Waals surface area contributed by atoms with Crippen LogP contribution in [0.3, 0.4) is 0 Å². The highest BCUT2D eigenvalue weighted by molar-refractivity contribution is 9.10. The van der Waals surface area contributed by atoms with Gasteiger partial charge in [0, 0.05) is 35.9 Å². The Hall–Kier alpha value is -1.13. The van der Waals surface area contributed by atoms with Crippen molar-refractivity contribution < 1.29 is 0 Å². The number of halogens is 1. The molecule has 2 rings (SSSR count). The lowest BCUT2D eigenvalue weighted by atomic mass is 10.0. The number of likely N-dealkylation sites (N-methyl/N-ethyl adjacent to an activating group) is 1. The molecule has 0 fully saturated rings. The quantitative estimate of drug-likeness (QED) is 0.886. The number of hydrogen-bond acceptors (Lipinski definition) is 2. The maximum Gasteiger partial charge on any atom is 0.110 e. The van der Waals surface area contributed by atoms with Gasteiger partial charge in [0.15, 0.2) is 0 Å². The van der Waals surface area contributed by atoms with Crippen LogP contribution in [0.4, 0.5) is 0 Å². The van der Waals surface area contributed by atoms with Gasteiger partial charge in [-0.3, -0.25) is 0 Å². The second-order valence-corrected chi connectivity index (χ2v) is 5.57. The molecule has 0 radical (unpaired) electrons. The molecule has 3 nitrogen and oxygen atoms in total. The molecule has 1 unspecified atom stereocenters. The van der Waals surface area contributed by atoms with E-state index in [1.165, 1.54) is 5.56 Å². The highest BCUT2D eigenvalue weighted by Crippen LogP contribution is 2.14. The fourth-order valence-corrected chi connectivity index (χ4v) is 2.71. The van der Waals surface area contributed by atoms with Gasteiger partial charge in [-0.1, -0.05) is 28.1 Å². The molecule has 0 amide bonds. The maximum absolute atomic E-state index is 4.45. The topological polar surface area (TPSA) is 29.9 Å². The average molecular weight is 322 g/mol. The van der Waals surface area contributed by atoms with Crippen molar-refractivity contribution in [2.45, 2.75) is 32.4 Å². The van der Waals surface area contributed by atoms with Gasteiger partial charge in [-0.05, 0) is 38.1 Å². The first-order valence-electron chi connectivity index (χ1n) is 6.64. The number of aryl methyl sites for hydroxylation is 1. The fraction of sp³-hybridized carbons (Fsp3) is 0.400. The number of aromatic nitrogens is 2. The van der Waals surface area contributed by atoms with E-state index in [1.54, 1.807) is 0 Å². The van der Waals surface area contributed by atoms with Crippen LogP contribution in [0, 0.1) is 0 Å². The van der Waals surface area contributed by atoms with Gasteiger partial charge >= 0.3 is 0 Å². The monoisotopic (exact) mass is 321 g/mol. The van der Waals surface area contributed by atoms with Crippen molar-refractivity contribution in [1.29, 1.82) is 0 Å². The molecule has 0 spiro atoms. The van der Waals surface area contributed by atoms with Gasteiger partial charge in [-0.2, -0.15) is 0 Å². The first-order chi connectivity index (χ1) is 9.22. The second kappa shape index (κ2) is 6.87. The summed E-state index contributed by atoms with van der Waals surface area (Å²) in [5.74, 6) is 1.15. The summed E-state index contributed by atoms with van der Waals surface area (Å²) in [6, 6.07) is 8.89. The van der Waals surface area contributed by atoms with E-state index in [4.69, 9.17) is 0 Å². The Morgan fingerprint density at radius 3 is 2.89 bits per heavy atom. The smallest absolute Gasteiger partial charge is 0.110 e. The third kappa shape index (κ3) is 3.91. The highest BCUT2D eigenvalue weighted by Gasteiger charge is 2.12. The van der Waals surface area contributed by atoms with Crippen molar-refractivity contribution in [3.05, 3.63) is 52.5 Å². The molecule has 0 aliphatic rings. The van der Waals surface area contributed by atoms with Crippen LogP contribution < -0.4 is 5.32 Å². The van der Waals surface area contributed by atoms with E-state index in [-0.39, 0.29) is 0 Å². The lowest BCUT2D eigenvalue weighted by Crippen LogP contribution is -2.31. The van der Waals surface area contributed by atoms with Gasteiger partial charge in [0.2, 0.25) is 0 Å². The minimum Gasteiger partial charge on any atom is -0.335 e. The van der Waals surface area contributed by atoms with Gasteiger partial charge < -0.3 is 9.88 Å². The molecule has 102 valence electrons. The summed E-state index contributed by atoms with van der Waals surface area (Å²) in [6.07, 6.45) is 5.88.